The van der Waals surface area contributed by atoms with Gasteiger partial charge in [-0.25, -0.2) is 9.78 Å². The molecule has 1 aliphatic heterocycles. The molecule has 11 nitrogen and oxygen atoms in total. The fourth-order valence-electron chi connectivity index (χ4n) is 5.89. The van der Waals surface area contributed by atoms with Crippen LogP contribution < -0.4 is 26.4 Å². The van der Waals surface area contributed by atoms with Gasteiger partial charge in [-0.2, -0.15) is 0 Å². The molecule has 3 amide bonds. The molecule has 1 aliphatic rings. The summed E-state index contributed by atoms with van der Waals surface area (Å²) >= 11 is 1.52. The van der Waals surface area contributed by atoms with E-state index in [0.29, 0.717) is 55.1 Å². The van der Waals surface area contributed by atoms with Crippen LogP contribution in [-0.2, 0) is 30.7 Å². The molecule has 0 unspecified atom stereocenters. The molecule has 2 aromatic heterocycles. The third-order valence-electron chi connectivity index (χ3n) is 8.48. The van der Waals surface area contributed by atoms with E-state index in [4.69, 9.17) is 10.5 Å². The van der Waals surface area contributed by atoms with Gasteiger partial charge in [0.15, 0.2) is 5.69 Å². The average molecular weight is 704 g/mol. The fourth-order valence-corrected chi connectivity index (χ4v) is 6.86. The third-order valence-corrected chi connectivity index (χ3v) is 9.47. The summed E-state index contributed by atoms with van der Waals surface area (Å²) < 4.78 is 6.14. The first-order chi connectivity index (χ1) is 24.7. The van der Waals surface area contributed by atoms with Crippen LogP contribution in [0.25, 0.3) is 21.6 Å². The Bertz CT molecular complexity index is 2110. The van der Waals surface area contributed by atoms with Gasteiger partial charge in [0.2, 0.25) is 5.91 Å². The molecule has 0 spiro atoms. The van der Waals surface area contributed by atoms with E-state index in [1.54, 1.807) is 30.3 Å². The van der Waals surface area contributed by atoms with Gasteiger partial charge in [0.1, 0.15) is 11.4 Å². The van der Waals surface area contributed by atoms with Gasteiger partial charge in [0, 0.05) is 58.9 Å². The smallest absolute Gasteiger partial charge is 0.355 e. The number of amides is 3. The molecule has 0 aliphatic carbocycles. The lowest BCUT2D eigenvalue weighted by Crippen LogP contribution is -2.26. The number of hydrogen-bond acceptors (Lipinski definition) is 8. The molecule has 0 saturated heterocycles. The van der Waals surface area contributed by atoms with Gasteiger partial charge in [-0.1, -0.05) is 49.4 Å². The number of pyridine rings is 1. The molecule has 3 heterocycles. The first kappa shape index (κ1) is 35.0. The summed E-state index contributed by atoms with van der Waals surface area (Å²) in [5.74, 6) is -2.15. The first-order valence-corrected chi connectivity index (χ1v) is 17.5. The zero-order chi connectivity index (χ0) is 35.9. The lowest BCUT2D eigenvalue weighted by atomic mass is 9.93. The Morgan fingerprint density at radius 3 is 2.49 bits per heavy atom. The number of carboxylic acids is 1. The van der Waals surface area contributed by atoms with Crippen molar-refractivity contribution >= 4 is 40.7 Å². The Kier molecular flexibility index (Phi) is 10.8. The number of thiophene rings is 1. The molecule has 3 aromatic carbocycles. The van der Waals surface area contributed by atoms with Gasteiger partial charge in [-0.3, -0.25) is 14.4 Å². The van der Waals surface area contributed by atoms with Crippen molar-refractivity contribution < 1.29 is 29.0 Å². The average Bonchev–Trinajstić information content (AvgIpc) is 3.54. The van der Waals surface area contributed by atoms with E-state index in [1.165, 1.54) is 23.5 Å². The number of carboxylic acid groups (broad SMARTS) is 1. The Morgan fingerprint density at radius 1 is 0.902 bits per heavy atom. The van der Waals surface area contributed by atoms with Crippen LogP contribution in [0.3, 0.4) is 0 Å². The van der Waals surface area contributed by atoms with E-state index in [1.807, 2.05) is 48.7 Å². The highest BCUT2D eigenvalue weighted by Gasteiger charge is 2.27. The molecular formula is C39H37N5O6S. The van der Waals surface area contributed by atoms with Crippen LogP contribution in [0.4, 0.5) is 5.69 Å². The topological polar surface area (TPSA) is 173 Å². The number of nitrogens with two attached hydrogens (primary N) is 1. The van der Waals surface area contributed by atoms with Crippen LogP contribution in [0.5, 0.6) is 5.75 Å². The number of nitrogens with zero attached hydrogens (tertiary/aromatic N) is 1. The summed E-state index contributed by atoms with van der Waals surface area (Å²) in [7, 11) is 0. The Balaban J connectivity index is 1.40. The Labute approximate surface area is 298 Å². The minimum absolute atomic E-state index is 0.0195. The van der Waals surface area contributed by atoms with Crippen molar-refractivity contribution in [2.45, 2.75) is 39.3 Å². The van der Waals surface area contributed by atoms with E-state index >= 15 is 0 Å². The van der Waals surface area contributed by atoms with Gasteiger partial charge < -0.3 is 31.5 Å². The van der Waals surface area contributed by atoms with Crippen LogP contribution in [0.2, 0.25) is 0 Å². The molecule has 0 radical (unpaired) electrons. The number of rotatable bonds is 12. The second-order valence-corrected chi connectivity index (χ2v) is 12.9. The number of carbonyl (C=O) groups excluding carboxylic acids is 3. The lowest BCUT2D eigenvalue weighted by molar-refractivity contribution is -0.120. The molecule has 51 heavy (non-hydrogen) atoms. The molecule has 0 fully saturated rings. The SMILES string of the molecule is CCCNC(=O)c1ccc(-c2cc3c(cc2C(=O)Nc2ccc(CN)cc2CC(=O)NCc2ccccc2)-c2sccc2CCO3)c(C(=O)O)n1. The monoisotopic (exact) mass is 703 g/mol. The molecule has 0 saturated carbocycles. The number of aromatic nitrogens is 1. The maximum absolute atomic E-state index is 14.4. The van der Waals surface area contributed by atoms with Crippen molar-refractivity contribution in [1.29, 1.82) is 0 Å². The van der Waals surface area contributed by atoms with Gasteiger partial charge in [0.05, 0.1) is 13.0 Å². The number of carbonyl (C=O) groups is 4. The Morgan fingerprint density at radius 2 is 1.73 bits per heavy atom. The van der Waals surface area contributed by atoms with Crippen LogP contribution in [0, 0.1) is 0 Å². The van der Waals surface area contributed by atoms with E-state index in [9.17, 15) is 24.3 Å². The largest absolute Gasteiger partial charge is 0.493 e. The standard InChI is InChI=1S/C39H37N5O6S/c1-2-14-41-38(47)32-11-9-27(35(43-32)39(48)49)28-20-33-30(36-25(12-15-50-33)13-16-51-36)19-29(28)37(46)44-31-10-8-24(21-40)17-26(31)18-34(45)42-22-23-6-4-3-5-7-23/h3-11,13,16-17,19-20H,2,12,14-15,18,21-22,40H2,1H3,(H,41,47)(H,42,45)(H,44,46)(H,48,49). The van der Waals surface area contributed by atoms with E-state index in [0.717, 1.165) is 21.6 Å². The molecular weight excluding hydrogens is 667 g/mol. The van der Waals surface area contributed by atoms with Gasteiger partial charge in [-0.15, -0.1) is 11.3 Å². The molecule has 6 rings (SSSR count). The van der Waals surface area contributed by atoms with Crippen molar-refractivity contribution in [3.63, 3.8) is 0 Å². The quantitative estimate of drug-likeness (QED) is 0.108. The number of benzene rings is 3. The van der Waals surface area contributed by atoms with E-state index in [2.05, 4.69) is 20.9 Å². The minimum atomic E-state index is -1.36. The summed E-state index contributed by atoms with van der Waals surface area (Å²) in [6.07, 6.45) is 1.34. The van der Waals surface area contributed by atoms with Crippen LogP contribution in [-0.4, -0.2) is 46.9 Å². The normalized spacial score (nSPS) is 11.7. The zero-order valence-corrected chi connectivity index (χ0v) is 28.8. The summed E-state index contributed by atoms with van der Waals surface area (Å²) in [6.45, 7) is 3.29. The van der Waals surface area contributed by atoms with Gasteiger partial charge in [-0.05, 0) is 70.5 Å². The molecule has 0 bridgehead atoms. The fraction of sp³-hybridized carbons (Fsp3) is 0.205. The second kappa shape index (κ2) is 15.8. The van der Waals surface area contributed by atoms with E-state index in [-0.39, 0.29) is 47.0 Å². The first-order valence-electron chi connectivity index (χ1n) is 16.6. The predicted molar refractivity (Wildman–Crippen MR) is 196 cm³/mol. The highest BCUT2D eigenvalue weighted by atomic mass is 32.1. The minimum Gasteiger partial charge on any atom is -0.493 e. The maximum atomic E-state index is 14.4. The number of anilines is 1. The molecule has 5 aromatic rings. The van der Waals surface area contributed by atoms with E-state index < -0.39 is 17.8 Å². The summed E-state index contributed by atoms with van der Waals surface area (Å²) in [5.41, 5.74) is 10.5. The third kappa shape index (κ3) is 7.98. The molecule has 0 atom stereocenters. The zero-order valence-electron chi connectivity index (χ0n) is 28.0. The summed E-state index contributed by atoms with van der Waals surface area (Å²) in [6, 6.07) is 23.1. The van der Waals surface area contributed by atoms with Crippen molar-refractivity contribution in [1.82, 2.24) is 15.6 Å². The maximum Gasteiger partial charge on any atom is 0.355 e. The van der Waals surface area contributed by atoms with Crippen LogP contribution in [0.15, 0.2) is 84.2 Å². The van der Waals surface area contributed by atoms with Gasteiger partial charge in [0.25, 0.3) is 11.8 Å². The van der Waals surface area contributed by atoms with Crippen molar-refractivity contribution in [2.24, 2.45) is 5.73 Å². The predicted octanol–water partition coefficient (Wildman–Crippen LogP) is 5.82. The number of nitrogens with one attached hydrogen (secondary N) is 3. The number of hydrogen-bond donors (Lipinski definition) is 5. The van der Waals surface area contributed by atoms with Gasteiger partial charge >= 0.3 is 5.97 Å². The highest BCUT2D eigenvalue weighted by Crippen LogP contribution is 2.43. The van der Waals surface area contributed by atoms with Crippen LogP contribution in [0.1, 0.15) is 66.9 Å². The Hall–Kier alpha value is -5.85. The number of ether oxygens (including phenoxy) is 1. The summed E-state index contributed by atoms with van der Waals surface area (Å²) in [4.78, 5) is 58.0. The molecule has 260 valence electrons. The van der Waals surface area contributed by atoms with Crippen LogP contribution >= 0.6 is 11.3 Å². The highest BCUT2D eigenvalue weighted by molar-refractivity contribution is 7.13. The molecule has 12 heteroatoms. The van der Waals surface area contributed by atoms with Crippen molar-refractivity contribution in [2.75, 3.05) is 18.5 Å². The number of fused-ring (bicyclic) bond motifs is 3. The van der Waals surface area contributed by atoms with Crippen molar-refractivity contribution in [3.05, 3.63) is 123 Å². The lowest BCUT2D eigenvalue weighted by Gasteiger charge is -2.18. The number of aromatic carboxylic acids is 1. The van der Waals surface area contributed by atoms with Crippen molar-refractivity contribution in [3.8, 4) is 27.3 Å². The second-order valence-electron chi connectivity index (χ2n) is 12.0. The summed E-state index contributed by atoms with van der Waals surface area (Å²) in [5, 5.41) is 20.9. The molecule has 6 N–H and O–H groups in total.